The summed E-state index contributed by atoms with van der Waals surface area (Å²) in [5.41, 5.74) is 8.29. The normalized spacial score (nSPS) is 11.0. The van der Waals surface area contributed by atoms with Crippen LogP contribution in [0.2, 0.25) is 10.0 Å². The molecule has 2 aromatic carbocycles. The van der Waals surface area contributed by atoms with Gasteiger partial charge in [-0.15, -0.1) is 0 Å². The van der Waals surface area contributed by atoms with Crippen LogP contribution >= 0.6 is 23.2 Å². The van der Waals surface area contributed by atoms with Crippen molar-refractivity contribution >= 4 is 51.1 Å². The monoisotopic (exact) mass is 499 g/mol. The smallest absolute Gasteiger partial charge is 0.267 e. The fourth-order valence-corrected chi connectivity index (χ4v) is 4.07. The molecule has 11 heteroatoms. The third-order valence-electron chi connectivity index (χ3n) is 5.01. The number of nitrogen functional groups attached to an aromatic ring is 1. The van der Waals surface area contributed by atoms with Crippen LogP contribution in [-0.4, -0.2) is 29.5 Å². The minimum Gasteiger partial charge on any atom is -0.382 e. The predicted molar refractivity (Wildman–Crippen MR) is 132 cm³/mol. The van der Waals surface area contributed by atoms with E-state index in [2.05, 4.69) is 24.9 Å². The first-order valence-corrected chi connectivity index (χ1v) is 11.1. The first-order valence-electron chi connectivity index (χ1n) is 10.4. The maximum absolute atomic E-state index is 13.8. The van der Waals surface area contributed by atoms with Gasteiger partial charge in [0, 0.05) is 11.4 Å². The second kappa shape index (κ2) is 9.74. The molecule has 0 amide bonds. The van der Waals surface area contributed by atoms with Crippen molar-refractivity contribution in [3.05, 3.63) is 80.6 Å². The van der Waals surface area contributed by atoms with Crippen molar-refractivity contribution in [2.45, 2.75) is 26.7 Å². The summed E-state index contributed by atoms with van der Waals surface area (Å²) < 4.78 is 15.3. The van der Waals surface area contributed by atoms with Crippen LogP contribution in [0, 0.1) is 12.7 Å². The van der Waals surface area contributed by atoms with E-state index in [-0.39, 0.29) is 10.4 Å². The van der Waals surface area contributed by atoms with Crippen LogP contribution in [0.15, 0.2) is 47.8 Å². The molecule has 5 rings (SSSR count). The number of fused-ring (bicyclic) bond motifs is 2. The maximum atomic E-state index is 13.8. The van der Waals surface area contributed by atoms with Crippen molar-refractivity contribution in [2.75, 3.05) is 5.73 Å². The van der Waals surface area contributed by atoms with E-state index in [9.17, 15) is 9.18 Å². The van der Waals surface area contributed by atoms with Crippen LogP contribution in [0.25, 0.3) is 27.8 Å². The first kappa shape index (κ1) is 23.6. The molecule has 0 aliphatic rings. The zero-order valence-corrected chi connectivity index (χ0v) is 19.8. The molecule has 0 atom stereocenters. The van der Waals surface area contributed by atoms with Gasteiger partial charge in [0.15, 0.2) is 11.5 Å². The van der Waals surface area contributed by atoms with Crippen molar-refractivity contribution in [3.63, 3.8) is 0 Å². The van der Waals surface area contributed by atoms with Crippen molar-refractivity contribution in [1.29, 1.82) is 0 Å². The highest BCUT2D eigenvalue weighted by molar-refractivity contribution is 6.35. The van der Waals surface area contributed by atoms with Crippen LogP contribution < -0.4 is 11.3 Å². The Morgan fingerprint density at radius 1 is 1.15 bits per heavy atom. The van der Waals surface area contributed by atoms with Gasteiger partial charge >= 0.3 is 0 Å². The van der Waals surface area contributed by atoms with E-state index in [0.717, 1.165) is 12.0 Å². The average molecular weight is 500 g/mol. The second-order valence-electron chi connectivity index (χ2n) is 7.52. The number of rotatable bonds is 3. The van der Waals surface area contributed by atoms with E-state index in [1.807, 2.05) is 19.9 Å². The number of nitrogens with two attached hydrogens (primary N) is 1. The molecule has 5 aromatic rings. The summed E-state index contributed by atoms with van der Waals surface area (Å²) in [4.78, 5) is 31.9. The molecular weight excluding hydrogens is 480 g/mol. The Morgan fingerprint density at radius 3 is 2.65 bits per heavy atom. The van der Waals surface area contributed by atoms with Gasteiger partial charge in [0.1, 0.15) is 23.5 Å². The van der Waals surface area contributed by atoms with E-state index in [1.165, 1.54) is 29.4 Å². The fourth-order valence-electron chi connectivity index (χ4n) is 3.54. The quantitative estimate of drug-likeness (QED) is 0.359. The van der Waals surface area contributed by atoms with Gasteiger partial charge in [-0.25, -0.2) is 24.3 Å². The van der Waals surface area contributed by atoms with Crippen LogP contribution in [0.3, 0.4) is 0 Å². The third kappa shape index (κ3) is 4.57. The highest BCUT2D eigenvalue weighted by Gasteiger charge is 2.17. The molecule has 0 radical (unpaired) electrons. The zero-order chi connectivity index (χ0) is 24.4. The Morgan fingerprint density at radius 2 is 1.94 bits per heavy atom. The molecule has 0 aliphatic carbocycles. The van der Waals surface area contributed by atoms with Crippen LogP contribution in [-0.2, 0) is 6.42 Å². The number of H-pyrrole nitrogens is 1. The predicted octanol–water partition coefficient (Wildman–Crippen LogP) is 5.03. The summed E-state index contributed by atoms with van der Waals surface area (Å²) in [5, 5.41) is 0.388. The third-order valence-corrected chi connectivity index (χ3v) is 5.60. The lowest BCUT2D eigenvalue weighted by Crippen LogP contribution is -2.24. The topological polar surface area (TPSA) is 115 Å². The number of aromatic amines is 1. The Labute approximate surface area is 203 Å². The van der Waals surface area contributed by atoms with Gasteiger partial charge < -0.3 is 10.7 Å². The lowest BCUT2D eigenvalue weighted by molar-refractivity contribution is 0.629. The summed E-state index contributed by atoms with van der Waals surface area (Å²) >= 11 is 12.2. The van der Waals surface area contributed by atoms with Crippen LogP contribution in [0.5, 0.6) is 0 Å². The molecule has 0 unspecified atom stereocenters. The molecular formula is C23H20Cl2FN7O. The molecule has 0 aliphatic heterocycles. The number of benzene rings is 2. The lowest BCUT2D eigenvalue weighted by Gasteiger charge is -2.15. The van der Waals surface area contributed by atoms with Crippen molar-refractivity contribution in [1.82, 2.24) is 29.5 Å². The van der Waals surface area contributed by atoms with E-state index in [4.69, 9.17) is 28.9 Å². The van der Waals surface area contributed by atoms with Gasteiger partial charge in [-0.2, -0.15) is 0 Å². The van der Waals surface area contributed by atoms with Crippen molar-refractivity contribution < 1.29 is 4.39 Å². The molecule has 3 N–H and O–H groups in total. The number of aryl methyl sites for hydroxylation is 2. The minimum absolute atomic E-state index is 0.0779. The Bertz CT molecular complexity index is 1540. The summed E-state index contributed by atoms with van der Waals surface area (Å²) in [7, 11) is 0. The summed E-state index contributed by atoms with van der Waals surface area (Å²) in [6, 6.07) is 8.03. The summed E-state index contributed by atoms with van der Waals surface area (Å²) in [5.74, 6) is 0.391. The van der Waals surface area contributed by atoms with E-state index in [0.29, 0.717) is 45.5 Å². The molecule has 3 aromatic heterocycles. The number of nitrogens with one attached hydrogen (secondary N) is 1. The number of hydrogen-bond acceptors (Lipinski definition) is 6. The standard InChI is InChI=1S/C18H15Cl2FN2O.C5H5N5/c1-3-4-15-22-14-6-5-13(21)17(20)16(14)18(24)23(15)12-8-10(2)7-11(19)9-12;6-4-3-5(9-1-7-3)10-2-8-4/h5-9H,3-4H2,1-2H3;1-2H,(H3,6,7,8,9,10). The molecule has 0 bridgehead atoms. The Balaban J connectivity index is 0.000000226. The van der Waals surface area contributed by atoms with Gasteiger partial charge in [-0.1, -0.05) is 30.1 Å². The Hall–Kier alpha value is -3.56. The van der Waals surface area contributed by atoms with Crippen molar-refractivity contribution in [2.24, 2.45) is 0 Å². The molecule has 0 spiro atoms. The van der Waals surface area contributed by atoms with E-state index >= 15 is 0 Å². The largest absolute Gasteiger partial charge is 0.382 e. The van der Waals surface area contributed by atoms with Gasteiger partial charge in [-0.05, 0) is 49.2 Å². The molecule has 3 heterocycles. The molecule has 8 nitrogen and oxygen atoms in total. The Kier molecular flexibility index (Phi) is 6.76. The van der Waals surface area contributed by atoms with Gasteiger partial charge in [0.2, 0.25) is 0 Å². The fraction of sp³-hybridized carbons (Fsp3) is 0.174. The molecule has 174 valence electrons. The van der Waals surface area contributed by atoms with Crippen LogP contribution in [0.1, 0.15) is 24.7 Å². The van der Waals surface area contributed by atoms with Gasteiger partial charge in [0.25, 0.3) is 5.56 Å². The molecule has 0 saturated heterocycles. The molecule has 0 fully saturated rings. The second-order valence-corrected chi connectivity index (χ2v) is 8.34. The summed E-state index contributed by atoms with van der Waals surface area (Å²) in [6.07, 6.45) is 4.34. The highest BCUT2D eigenvalue weighted by atomic mass is 35.5. The van der Waals surface area contributed by atoms with Crippen LogP contribution in [0.4, 0.5) is 10.2 Å². The highest BCUT2D eigenvalue weighted by Crippen LogP contribution is 2.25. The van der Waals surface area contributed by atoms with Gasteiger partial charge in [0.05, 0.1) is 27.9 Å². The zero-order valence-electron chi connectivity index (χ0n) is 18.3. The first-order chi connectivity index (χ1) is 16.3. The number of hydrogen-bond donors (Lipinski definition) is 2. The summed E-state index contributed by atoms with van der Waals surface area (Å²) in [6.45, 7) is 3.89. The lowest BCUT2D eigenvalue weighted by atomic mass is 10.1. The van der Waals surface area contributed by atoms with E-state index < -0.39 is 11.4 Å². The number of nitrogens with zero attached hydrogens (tertiary/aromatic N) is 5. The maximum Gasteiger partial charge on any atom is 0.267 e. The van der Waals surface area contributed by atoms with Crippen molar-refractivity contribution in [3.8, 4) is 5.69 Å². The average Bonchev–Trinajstić information content (AvgIpc) is 3.27. The molecule has 34 heavy (non-hydrogen) atoms. The number of imidazole rings is 1. The van der Waals surface area contributed by atoms with Gasteiger partial charge in [-0.3, -0.25) is 9.36 Å². The number of aromatic nitrogens is 6. The number of halogens is 3. The number of anilines is 1. The van der Waals surface area contributed by atoms with E-state index in [1.54, 1.807) is 12.1 Å². The SMILES string of the molecule is CCCc1nc2ccc(F)c(Cl)c2c(=O)n1-c1cc(C)cc(Cl)c1.Nc1ncnc2nc[nH]c12. The molecule has 0 saturated carbocycles. The minimum atomic E-state index is -0.639.